The minimum atomic E-state index is -1.27. The summed E-state index contributed by atoms with van der Waals surface area (Å²) in [6.07, 6.45) is 1.05. The fourth-order valence-electron chi connectivity index (χ4n) is 1.93. The van der Waals surface area contributed by atoms with E-state index in [9.17, 15) is 15.0 Å². The van der Waals surface area contributed by atoms with Gasteiger partial charge in [-0.05, 0) is 25.1 Å². The Morgan fingerprint density at radius 3 is 3.11 bits per heavy atom. The number of nitrogens with zero attached hydrogens (tertiary/aromatic N) is 1. The molecule has 1 fully saturated rings. The summed E-state index contributed by atoms with van der Waals surface area (Å²) < 4.78 is 0. The minimum absolute atomic E-state index is 0.0191. The lowest BCUT2D eigenvalue weighted by atomic mass is 9.89. The van der Waals surface area contributed by atoms with Crippen LogP contribution in [0.15, 0.2) is 24.4 Å². The Morgan fingerprint density at radius 2 is 2.44 bits per heavy atom. The van der Waals surface area contributed by atoms with Gasteiger partial charge in [0, 0.05) is 19.3 Å². The number of hydrogen-bond donors (Lipinski definition) is 4. The predicted molar refractivity (Wildman–Crippen MR) is 65.0 cm³/mol. The Kier molecular flexibility index (Phi) is 3.90. The molecule has 1 aromatic rings. The standard InChI is InChI=1S/C12H17N3O3/c16-10-7-13-6-4-12(10,18)8-15-11(17)9-3-1-2-5-14-9/h1-3,5,10,13,16,18H,4,6-8H2,(H,15,17)/t10-,12-/m1/s1. The normalized spacial score (nSPS) is 27.8. The maximum absolute atomic E-state index is 11.8. The van der Waals surface area contributed by atoms with Gasteiger partial charge in [-0.1, -0.05) is 6.07 Å². The molecule has 0 unspecified atom stereocenters. The van der Waals surface area contributed by atoms with Crippen molar-refractivity contribution in [2.75, 3.05) is 19.6 Å². The molecule has 4 N–H and O–H groups in total. The van der Waals surface area contributed by atoms with Crippen LogP contribution < -0.4 is 10.6 Å². The average molecular weight is 251 g/mol. The molecule has 2 atom stereocenters. The lowest BCUT2D eigenvalue weighted by Crippen LogP contribution is -2.59. The van der Waals surface area contributed by atoms with E-state index in [2.05, 4.69) is 15.6 Å². The first-order valence-corrected chi connectivity index (χ1v) is 5.92. The van der Waals surface area contributed by atoms with Crippen LogP contribution in [0.3, 0.4) is 0 Å². The highest BCUT2D eigenvalue weighted by Gasteiger charge is 2.38. The second-order valence-corrected chi connectivity index (χ2v) is 4.47. The van der Waals surface area contributed by atoms with Crippen molar-refractivity contribution in [1.82, 2.24) is 15.6 Å². The Bertz CT molecular complexity index is 412. The van der Waals surface area contributed by atoms with Gasteiger partial charge in [0.2, 0.25) is 0 Å². The van der Waals surface area contributed by atoms with E-state index in [1.165, 1.54) is 6.20 Å². The van der Waals surface area contributed by atoms with Crippen molar-refractivity contribution in [3.63, 3.8) is 0 Å². The molecule has 0 aromatic carbocycles. The van der Waals surface area contributed by atoms with Gasteiger partial charge in [0.15, 0.2) is 0 Å². The summed E-state index contributed by atoms with van der Waals surface area (Å²) in [5.41, 5.74) is -0.972. The van der Waals surface area contributed by atoms with E-state index >= 15 is 0 Å². The molecular formula is C12H17N3O3. The number of rotatable bonds is 3. The molecular weight excluding hydrogens is 234 g/mol. The van der Waals surface area contributed by atoms with Gasteiger partial charge in [0.25, 0.3) is 5.91 Å². The Hall–Kier alpha value is -1.50. The van der Waals surface area contributed by atoms with Gasteiger partial charge in [0.05, 0.1) is 6.10 Å². The summed E-state index contributed by atoms with van der Waals surface area (Å²) in [6.45, 7) is 0.966. The van der Waals surface area contributed by atoms with Crippen molar-refractivity contribution < 1.29 is 15.0 Å². The number of hydrogen-bond acceptors (Lipinski definition) is 5. The third-order valence-electron chi connectivity index (χ3n) is 3.15. The molecule has 2 rings (SSSR count). The smallest absolute Gasteiger partial charge is 0.269 e. The Balaban J connectivity index is 1.93. The first kappa shape index (κ1) is 12.9. The summed E-state index contributed by atoms with van der Waals surface area (Å²) >= 11 is 0. The predicted octanol–water partition coefficient (Wildman–Crippen LogP) is -1.10. The minimum Gasteiger partial charge on any atom is -0.389 e. The number of amides is 1. The summed E-state index contributed by atoms with van der Waals surface area (Å²) in [5, 5.41) is 25.5. The zero-order valence-corrected chi connectivity index (χ0v) is 9.97. The molecule has 6 heteroatoms. The zero-order chi connectivity index (χ0) is 13.0. The van der Waals surface area contributed by atoms with Crippen LogP contribution in [-0.4, -0.2) is 52.4 Å². The maximum Gasteiger partial charge on any atom is 0.269 e. The molecule has 1 amide bonds. The Morgan fingerprint density at radius 1 is 1.61 bits per heavy atom. The van der Waals surface area contributed by atoms with Crippen molar-refractivity contribution >= 4 is 5.91 Å². The van der Waals surface area contributed by atoms with Gasteiger partial charge in [-0.15, -0.1) is 0 Å². The molecule has 6 nitrogen and oxygen atoms in total. The second kappa shape index (κ2) is 5.43. The van der Waals surface area contributed by atoms with Crippen molar-refractivity contribution in [3.05, 3.63) is 30.1 Å². The molecule has 0 bridgehead atoms. The third-order valence-corrected chi connectivity index (χ3v) is 3.15. The highest BCUT2D eigenvalue weighted by molar-refractivity contribution is 5.92. The van der Waals surface area contributed by atoms with Gasteiger partial charge in [-0.25, -0.2) is 0 Å². The summed E-state index contributed by atoms with van der Waals surface area (Å²) in [6, 6.07) is 5.04. The van der Waals surface area contributed by atoms with E-state index in [4.69, 9.17) is 0 Å². The number of aromatic nitrogens is 1. The number of aliphatic hydroxyl groups is 2. The number of nitrogens with one attached hydrogen (secondary N) is 2. The van der Waals surface area contributed by atoms with Crippen LogP contribution in [0.5, 0.6) is 0 Å². The number of carbonyl (C=O) groups excluding carboxylic acids is 1. The maximum atomic E-state index is 11.8. The van der Waals surface area contributed by atoms with Crippen LogP contribution in [0.25, 0.3) is 0 Å². The first-order chi connectivity index (χ1) is 8.62. The van der Waals surface area contributed by atoms with E-state index < -0.39 is 11.7 Å². The molecule has 1 saturated heterocycles. The van der Waals surface area contributed by atoms with Crippen molar-refractivity contribution in [2.24, 2.45) is 0 Å². The fraction of sp³-hybridized carbons (Fsp3) is 0.500. The van der Waals surface area contributed by atoms with Crippen molar-refractivity contribution in [2.45, 2.75) is 18.1 Å². The zero-order valence-electron chi connectivity index (χ0n) is 9.97. The number of piperidine rings is 1. The monoisotopic (exact) mass is 251 g/mol. The molecule has 18 heavy (non-hydrogen) atoms. The third kappa shape index (κ3) is 2.84. The molecule has 0 radical (unpaired) electrons. The van der Waals surface area contributed by atoms with Crippen molar-refractivity contribution in [3.8, 4) is 0 Å². The topological polar surface area (TPSA) is 94.5 Å². The number of pyridine rings is 1. The fourth-order valence-corrected chi connectivity index (χ4v) is 1.93. The molecule has 1 aromatic heterocycles. The van der Waals surface area contributed by atoms with Gasteiger partial charge < -0.3 is 20.8 Å². The van der Waals surface area contributed by atoms with Crippen LogP contribution in [-0.2, 0) is 0 Å². The number of carbonyl (C=O) groups is 1. The summed E-state index contributed by atoms with van der Waals surface area (Å²) in [7, 11) is 0. The van der Waals surface area contributed by atoms with E-state index in [1.54, 1.807) is 18.2 Å². The summed E-state index contributed by atoms with van der Waals surface area (Å²) in [4.78, 5) is 15.7. The van der Waals surface area contributed by atoms with Gasteiger partial charge >= 0.3 is 0 Å². The largest absolute Gasteiger partial charge is 0.389 e. The van der Waals surface area contributed by atoms with Gasteiger partial charge in [-0.3, -0.25) is 9.78 Å². The van der Waals surface area contributed by atoms with Gasteiger partial charge in [-0.2, -0.15) is 0 Å². The molecule has 1 aliphatic rings. The van der Waals surface area contributed by atoms with E-state index in [0.29, 0.717) is 25.2 Å². The highest BCUT2D eigenvalue weighted by Crippen LogP contribution is 2.17. The van der Waals surface area contributed by atoms with Crippen molar-refractivity contribution in [1.29, 1.82) is 0 Å². The van der Waals surface area contributed by atoms with E-state index in [1.807, 2.05) is 0 Å². The molecule has 0 spiro atoms. The average Bonchev–Trinajstić information content (AvgIpc) is 2.41. The van der Waals surface area contributed by atoms with Crippen LogP contribution >= 0.6 is 0 Å². The molecule has 0 aliphatic carbocycles. The molecule has 1 aliphatic heterocycles. The van der Waals surface area contributed by atoms with E-state index in [0.717, 1.165) is 0 Å². The van der Waals surface area contributed by atoms with Crippen LogP contribution in [0, 0.1) is 0 Å². The summed E-state index contributed by atoms with van der Waals surface area (Å²) in [5.74, 6) is -0.352. The second-order valence-electron chi connectivity index (χ2n) is 4.47. The number of β-amino-alcohol motifs (C(OH)–C–C–N with tert-alkyl or cyclic N) is 1. The van der Waals surface area contributed by atoms with Crippen LogP contribution in [0.4, 0.5) is 0 Å². The highest BCUT2D eigenvalue weighted by atomic mass is 16.3. The van der Waals surface area contributed by atoms with Crippen LogP contribution in [0.1, 0.15) is 16.9 Å². The van der Waals surface area contributed by atoms with Crippen LogP contribution in [0.2, 0.25) is 0 Å². The van der Waals surface area contributed by atoms with E-state index in [-0.39, 0.29) is 12.5 Å². The Labute approximate surface area is 105 Å². The first-order valence-electron chi connectivity index (χ1n) is 5.92. The lowest BCUT2D eigenvalue weighted by molar-refractivity contribution is -0.0883. The molecule has 0 saturated carbocycles. The molecule has 98 valence electrons. The van der Waals surface area contributed by atoms with Gasteiger partial charge in [0.1, 0.15) is 11.3 Å². The lowest BCUT2D eigenvalue weighted by Gasteiger charge is -2.37. The molecule has 2 heterocycles. The number of aliphatic hydroxyl groups excluding tert-OH is 1. The SMILES string of the molecule is O=C(NC[C@]1(O)CCNC[C@H]1O)c1ccccn1. The quantitative estimate of drug-likeness (QED) is 0.547.